The van der Waals surface area contributed by atoms with Gasteiger partial charge in [-0.25, -0.2) is 0 Å². The van der Waals surface area contributed by atoms with Crippen molar-refractivity contribution >= 4 is 21.6 Å². The summed E-state index contributed by atoms with van der Waals surface area (Å²) in [6.45, 7) is 2.79. The molecule has 20 heavy (non-hydrogen) atoms. The van der Waals surface area contributed by atoms with Gasteiger partial charge in [0, 0.05) is 22.8 Å². The van der Waals surface area contributed by atoms with E-state index >= 15 is 0 Å². The Labute approximate surface area is 128 Å². The molecule has 0 aromatic heterocycles. The number of hydrogen-bond donors (Lipinski definition) is 1. The lowest BCUT2D eigenvalue weighted by atomic mass is 10.2. The molecule has 3 nitrogen and oxygen atoms in total. The molecule has 0 heterocycles. The first kappa shape index (κ1) is 14.7. The van der Waals surface area contributed by atoms with Crippen molar-refractivity contribution in [2.24, 2.45) is 0 Å². The van der Waals surface area contributed by atoms with Crippen LogP contribution in [0.2, 0.25) is 0 Å². The number of methoxy groups -OCH3 is 2. The minimum atomic E-state index is 0.717. The average molecular weight is 336 g/mol. The SMILES string of the molecule is COc1cc(CNc2ccc(Br)c(C)c2)cc(OC)c1. The molecule has 4 heteroatoms. The smallest absolute Gasteiger partial charge is 0.122 e. The minimum Gasteiger partial charge on any atom is -0.497 e. The van der Waals surface area contributed by atoms with Gasteiger partial charge in [0.15, 0.2) is 0 Å². The highest BCUT2D eigenvalue weighted by atomic mass is 79.9. The van der Waals surface area contributed by atoms with E-state index in [9.17, 15) is 0 Å². The number of hydrogen-bond acceptors (Lipinski definition) is 3. The van der Waals surface area contributed by atoms with Crippen LogP contribution in [-0.2, 0) is 6.54 Å². The van der Waals surface area contributed by atoms with E-state index in [-0.39, 0.29) is 0 Å². The molecular formula is C16H18BrNO2. The Bertz CT molecular complexity index is 577. The Morgan fingerprint density at radius 1 is 1.00 bits per heavy atom. The van der Waals surface area contributed by atoms with Gasteiger partial charge in [-0.05, 0) is 48.4 Å². The molecule has 0 bridgehead atoms. The first-order chi connectivity index (χ1) is 9.62. The van der Waals surface area contributed by atoms with E-state index in [0.717, 1.165) is 27.2 Å². The van der Waals surface area contributed by atoms with E-state index in [0.29, 0.717) is 6.54 Å². The molecule has 0 amide bonds. The van der Waals surface area contributed by atoms with Crippen LogP contribution < -0.4 is 14.8 Å². The summed E-state index contributed by atoms with van der Waals surface area (Å²) in [5.41, 5.74) is 3.41. The first-order valence-corrected chi connectivity index (χ1v) is 7.13. The fourth-order valence-corrected chi connectivity index (χ4v) is 2.17. The fourth-order valence-electron chi connectivity index (χ4n) is 1.93. The maximum Gasteiger partial charge on any atom is 0.122 e. The molecule has 0 radical (unpaired) electrons. The number of nitrogens with one attached hydrogen (secondary N) is 1. The third-order valence-electron chi connectivity index (χ3n) is 3.07. The van der Waals surface area contributed by atoms with E-state index in [1.54, 1.807) is 14.2 Å². The molecule has 0 aliphatic carbocycles. The average Bonchev–Trinajstić information content (AvgIpc) is 2.48. The molecule has 106 valence electrons. The van der Waals surface area contributed by atoms with Crippen LogP contribution >= 0.6 is 15.9 Å². The molecule has 0 saturated carbocycles. The molecule has 0 fully saturated rings. The van der Waals surface area contributed by atoms with Crippen LogP contribution in [0.25, 0.3) is 0 Å². The van der Waals surface area contributed by atoms with E-state index in [1.807, 2.05) is 24.3 Å². The van der Waals surface area contributed by atoms with Gasteiger partial charge in [0.25, 0.3) is 0 Å². The molecule has 2 rings (SSSR count). The van der Waals surface area contributed by atoms with Crippen molar-refractivity contribution < 1.29 is 9.47 Å². The quantitative estimate of drug-likeness (QED) is 0.879. The third-order valence-corrected chi connectivity index (χ3v) is 3.96. The molecule has 0 spiro atoms. The van der Waals surface area contributed by atoms with Crippen molar-refractivity contribution in [3.63, 3.8) is 0 Å². The summed E-state index contributed by atoms with van der Waals surface area (Å²) in [7, 11) is 3.31. The van der Waals surface area contributed by atoms with Crippen LogP contribution in [-0.4, -0.2) is 14.2 Å². The Kier molecular flexibility index (Phi) is 4.90. The van der Waals surface area contributed by atoms with Crippen molar-refractivity contribution in [2.75, 3.05) is 19.5 Å². The number of rotatable bonds is 5. The van der Waals surface area contributed by atoms with Gasteiger partial charge in [0.1, 0.15) is 11.5 Å². The first-order valence-electron chi connectivity index (χ1n) is 6.34. The summed E-state index contributed by atoms with van der Waals surface area (Å²) in [4.78, 5) is 0. The van der Waals surface area contributed by atoms with Gasteiger partial charge in [-0.15, -0.1) is 0 Å². The highest BCUT2D eigenvalue weighted by molar-refractivity contribution is 9.10. The van der Waals surface area contributed by atoms with Gasteiger partial charge < -0.3 is 14.8 Å². The summed E-state index contributed by atoms with van der Waals surface area (Å²) < 4.78 is 11.7. The maximum atomic E-state index is 5.27. The molecule has 2 aromatic carbocycles. The van der Waals surface area contributed by atoms with Crippen LogP contribution in [0, 0.1) is 6.92 Å². The van der Waals surface area contributed by atoms with Crippen molar-refractivity contribution in [2.45, 2.75) is 13.5 Å². The maximum absolute atomic E-state index is 5.27. The van der Waals surface area contributed by atoms with Crippen LogP contribution in [0.15, 0.2) is 40.9 Å². The molecular weight excluding hydrogens is 318 g/mol. The van der Waals surface area contributed by atoms with Crippen LogP contribution in [0.5, 0.6) is 11.5 Å². The number of anilines is 1. The molecule has 1 N–H and O–H groups in total. The Balaban J connectivity index is 2.11. The second kappa shape index (κ2) is 6.66. The lowest BCUT2D eigenvalue weighted by molar-refractivity contribution is 0.393. The van der Waals surface area contributed by atoms with Crippen molar-refractivity contribution in [3.8, 4) is 11.5 Å². The van der Waals surface area contributed by atoms with E-state index in [4.69, 9.17) is 9.47 Å². The second-order valence-electron chi connectivity index (χ2n) is 4.54. The normalized spacial score (nSPS) is 10.2. The van der Waals surface area contributed by atoms with Gasteiger partial charge in [-0.3, -0.25) is 0 Å². The van der Waals surface area contributed by atoms with Crippen molar-refractivity contribution in [3.05, 3.63) is 52.0 Å². The van der Waals surface area contributed by atoms with Crippen molar-refractivity contribution in [1.29, 1.82) is 0 Å². The van der Waals surface area contributed by atoms with E-state index < -0.39 is 0 Å². The zero-order valence-corrected chi connectivity index (χ0v) is 13.5. The lowest BCUT2D eigenvalue weighted by Crippen LogP contribution is -2.00. The topological polar surface area (TPSA) is 30.5 Å². The summed E-state index contributed by atoms with van der Waals surface area (Å²) in [5.74, 6) is 1.60. The van der Waals surface area contributed by atoms with Gasteiger partial charge in [-0.2, -0.15) is 0 Å². The molecule has 0 saturated heterocycles. The number of benzene rings is 2. The number of halogens is 1. The fraction of sp³-hybridized carbons (Fsp3) is 0.250. The Morgan fingerprint density at radius 2 is 1.65 bits per heavy atom. The number of ether oxygens (including phenoxy) is 2. The standard InChI is InChI=1S/C16H18BrNO2/c1-11-6-13(4-5-16(11)17)18-10-12-7-14(19-2)9-15(8-12)20-3/h4-9,18H,10H2,1-3H3. The largest absolute Gasteiger partial charge is 0.497 e. The van der Waals surface area contributed by atoms with Crippen LogP contribution in [0.1, 0.15) is 11.1 Å². The molecule has 0 atom stereocenters. The van der Waals surface area contributed by atoms with Gasteiger partial charge in [0.05, 0.1) is 14.2 Å². The minimum absolute atomic E-state index is 0.717. The summed E-state index contributed by atoms with van der Waals surface area (Å²) in [6, 6.07) is 12.1. The highest BCUT2D eigenvalue weighted by Gasteiger charge is 2.03. The van der Waals surface area contributed by atoms with Gasteiger partial charge in [0.2, 0.25) is 0 Å². The molecule has 0 unspecified atom stereocenters. The number of aryl methyl sites for hydroxylation is 1. The molecule has 0 aliphatic heterocycles. The summed E-state index contributed by atoms with van der Waals surface area (Å²) in [6.07, 6.45) is 0. The third kappa shape index (κ3) is 3.67. The van der Waals surface area contributed by atoms with Gasteiger partial charge >= 0.3 is 0 Å². The van der Waals surface area contributed by atoms with E-state index in [1.165, 1.54) is 5.56 Å². The highest BCUT2D eigenvalue weighted by Crippen LogP contribution is 2.24. The Morgan fingerprint density at radius 3 is 2.20 bits per heavy atom. The predicted molar refractivity (Wildman–Crippen MR) is 85.8 cm³/mol. The van der Waals surface area contributed by atoms with Gasteiger partial charge in [-0.1, -0.05) is 15.9 Å². The van der Waals surface area contributed by atoms with E-state index in [2.05, 4.69) is 40.3 Å². The second-order valence-corrected chi connectivity index (χ2v) is 5.39. The summed E-state index contributed by atoms with van der Waals surface area (Å²) in [5, 5.41) is 3.40. The zero-order chi connectivity index (χ0) is 14.5. The van der Waals surface area contributed by atoms with Crippen molar-refractivity contribution in [1.82, 2.24) is 0 Å². The summed E-state index contributed by atoms with van der Waals surface area (Å²) >= 11 is 3.50. The monoisotopic (exact) mass is 335 g/mol. The Hall–Kier alpha value is -1.68. The predicted octanol–water partition coefficient (Wildman–Crippen LogP) is 4.39. The molecule has 0 aliphatic rings. The lowest BCUT2D eigenvalue weighted by Gasteiger charge is -2.11. The van der Waals surface area contributed by atoms with Crippen LogP contribution in [0.3, 0.4) is 0 Å². The molecule has 2 aromatic rings. The van der Waals surface area contributed by atoms with Crippen LogP contribution in [0.4, 0.5) is 5.69 Å². The zero-order valence-electron chi connectivity index (χ0n) is 11.9.